The number of H-pyrrole nitrogens is 1. The molecule has 1 fully saturated rings. The number of fused-ring (bicyclic) bond motifs is 1. The van der Waals surface area contributed by atoms with Gasteiger partial charge in [0.1, 0.15) is 30.8 Å². The first-order chi connectivity index (χ1) is 17.4. The third-order valence-electron chi connectivity index (χ3n) is 6.36. The monoisotopic (exact) mass is 568 g/mol. The molecule has 4 heterocycles. The summed E-state index contributed by atoms with van der Waals surface area (Å²) in [7, 11) is -4.85. The van der Waals surface area contributed by atoms with E-state index in [9.17, 15) is 39.2 Å². The number of rotatable bonds is 8. The largest absolute Gasteiger partial charge is 1.00 e. The van der Waals surface area contributed by atoms with Crippen molar-refractivity contribution in [3.05, 3.63) is 54.3 Å². The van der Waals surface area contributed by atoms with Crippen LogP contribution in [0.4, 0.5) is 0 Å². The predicted molar refractivity (Wildman–Crippen MR) is 120 cm³/mol. The van der Waals surface area contributed by atoms with Crippen molar-refractivity contribution < 1.29 is 72.9 Å². The number of aromatic nitrogens is 4. The Labute approximate surface area is 236 Å². The van der Waals surface area contributed by atoms with E-state index in [1.807, 2.05) is 0 Å². The van der Waals surface area contributed by atoms with Crippen molar-refractivity contribution in [3.8, 4) is 5.88 Å². The van der Waals surface area contributed by atoms with Gasteiger partial charge in [0.2, 0.25) is 0 Å². The maximum Gasteiger partial charge on any atom is 1.00 e. The van der Waals surface area contributed by atoms with Crippen LogP contribution in [0.25, 0.3) is 0 Å². The summed E-state index contributed by atoms with van der Waals surface area (Å²) in [6, 6.07) is 0. The second kappa shape index (κ2) is 11.8. The van der Waals surface area contributed by atoms with Crippen LogP contribution in [0, 0.1) is 13.8 Å². The van der Waals surface area contributed by atoms with Gasteiger partial charge in [0.25, 0.3) is 5.56 Å². The molecule has 1 unspecified atom stereocenters. The van der Waals surface area contributed by atoms with E-state index in [2.05, 4.69) is 9.97 Å². The van der Waals surface area contributed by atoms with E-state index in [0.29, 0.717) is 0 Å². The second-order valence-corrected chi connectivity index (χ2v) is 10.3. The van der Waals surface area contributed by atoms with Gasteiger partial charge in [0.05, 0.1) is 19.8 Å². The van der Waals surface area contributed by atoms with Crippen molar-refractivity contribution in [3.63, 3.8) is 0 Å². The van der Waals surface area contributed by atoms with Crippen molar-refractivity contribution in [1.29, 1.82) is 0 Å². The Balaban J connectivity index is 0.00000400. The molecule has 0 bridgehead atoms. The fourth-order valence-electron chi connectivity index (χ4n) is 4.18. The molecule has 16 nitrogen and oxygen atoms in total. The Morgan fingerprint density at radius 2 is 2.03 bits per heavy atom. The Hall–Kier alpha value is -1.69. The minimum absolute atomic E-state index is 0. The van der Waals surface area contributed by atoms with Crippen LogP contribution in [0.3, 0.4) is 0 Å². The Bertz CT molecular complexity index is 1410. The summed E-state index contributed by atoms with van der Waals surface area (Å²) in [5, 5.41) is 31.2. The topological polar surface area (TPSA) is 227 Å². The average Bonchev–Trinajstić information content (AvgIpc) is 3.25. The number of aromatic amines is 1. The van der Waals surface area contributed by atoms with Gasteiger partial charge >= 0.3 is 48.8 Å². The van der Waals surface area contributed by atoms with Crippen LogP contribution in [0.15, 0.2) is 20.6 Å². The molecule has 0 aliphatic carbocycles. The quantitative estimate of drug-likeness (QED) is 0.172. The molecule has 0 radical (unpaired) electrons. The summed E-state index contributed by atoms with van der Waals surface area (Å²) in [5.41, 5.74) is -3.10. The number of aryl methyl sites for hydroxylation is 1. The number of hydrogen-bond donors (Lipinski definition) is 4. The Kier molecular flexibility index (Phi) is 9.59. The zero-order valence-corrected chi connectivity index (χ0v) is 23.8. The molecule has 38 heavy (non-hydrogen) atoms. The van der Waals surface area contributed by atoms with Gasteiger partial charge in [0, 0.05) is 30.3 Å². The van der Waals surface area contributed by atoms with Gasteiger partial charge < -0.3 is 29.7 Å². The third kappa shape index (κ3) is 6.21. The summed E-state index contributed by atoms with van der Waals surface area (Å²) in [6.45, 7) is 0.645. The van der Waals surface area contributed by atoms with E-state index in [-0.39, 0.29) is 66.0 Å². The molecule has 2 aromatic heterocycles. The number of aliphatic hydroxyl groups excluding tert-OH is 2. The fraction of sp³-hybridized carbons (Fsp3) is 0.600. The van der Waals surface area contributed by atoms with Gasteiger partial charge in [-0.2, -0.15) is 0 Å². The van der Waals surface area contributed by atoms with Crippen LogP contribution in [0.1, 0.15) is 29.5 Å². The first kappa shape index (κ1) is 30.8. The SMILES string of the molecule is Cc1cn([C@H]2C[C@H](OP(=O)(O)OC[C@]3(CO)Cc4c(C)c(=O)[nH]c(=O)n4CO3)[C@@H](CO)O2)c(=O)nc1[O-].[Na+]. The van der Waals surface area contributed by atoms with E-state index in [1.54, 1.807) is 0 Å². The number of nitrogens with one attached hydrogen (secondary N) is 1. The van der Waals surface area contributed by atoms with Crippen molar-refractivity contribution in [2.75, 3.05) is 19.8 Å². The van der Waals surface area contributed by atoms with Crippen molar-refractivity contribution in [1.82, 2.24) is 19.1 Å². The molecule has 0 amide bonds. The fourth-order valence-corrected chi connectivity index (χ4v) is 5.20. The van der Waals surface area contributed by atoms with Crippen LogP contribution in [0.5, 0.6) is 5.88 Å². The number of phosphoric acid groups is 1. The molecule has 2 aromatic rings. The number of nitrogens with zero attached hydrogens (tertiary/aromatic N) is 3. The number of ether oxygens (including phenoxy) is 2. The third-order valence-corrected chi connectivity index (χ3v) is 7.35. The van der Waals surface area contributed by atoms with Crippen molar-refractivity contribution in [2.24, 2.45) is 0 Å². The van der Waals surface area contributed by atoms with E-state index in [4.69, 9.17) is 18.5 Å². The standard InChI is InChI=1S/C20H27N4O12P.Na/c1-10-5-23(18(29)21-16(10)27)15-3-13(14(6-25)35-15)36-37(31,32)34-8-20(7-26)4-12-11(2)17(28)22-19(30)24(12)9-33-20;/h5,13-15,25-26H,3-4,6-9H2,1-2H3,(H,31,32)(H,21,27,29)(H,22,28,30);/q;+1/p-1/t13-,14+,15+,20+;/m0./s1. The summed E-state index contributed by atoms with van der Waals surface area (Å²) >= 11 is 0. The van der Waals surface area contributed by atoms with Gasteiger partial charge in [-0.05, 0) is 25.3 Å². The molecule has 2 aliphatic heterocycles. The molecule has 4 rings (SSSR count). The van der Waals surface area contributed by atoms with E-state index in [0.717, 1.165) is 4.57 Å². The maximum atomic E-state index is 12.8. The molecule has 18 heteroatoms. The number of hydrogen-bond acceptors (Lipinski definition) is 12. The molecule has 1 saturated heterocycles. The number of phosphoric ester groups is 1. The van der Waals surface area contributed by atoms with Gasteiger partial charge in [-0.3, -0.25) is 28.0 Å². The van der Waals surface area contributed by atoms with Gasteiger partial charge in [-0.1, -0.05) is 0 Å². The van der Waals surface area contributed by atoms with Crippen LogP contribution in [0.2, 0.25) is 0 Å². The van der Waals surface area contributed by atoms with Crippen LogP contribution in [-0.4, -0.2) is 71.8 Å². The molecular formula is C20H26N4NaO12P. The predicted octanol–water partition coefficient (Wildman–Crippen LogP) is -5.47. The summed E-state index contributed by atoms with van der Waals surface area (Å²) in [6.07, 6.45) is -2.44. The van der Waals surface area contributed by atoms with Crippen LogP contribution >= 0.6 is 7.82 Å². The summed E-state index contributed by atoms with van der Waals surface area (Å²) in [4.78, 5) is 52.0. The molecule has 0 aromatic carbocycles. The van der Waals surface area contributed by atoms with E-state index >= 15 is 0 Å². The normalized spacial score (nSPS) is 26.4. The zero-order valence-electron chi connectivity index (χ0n) is 20.9. The van der Waals surface area contributed by atoms with Gasteiger partial charge in [-0.15, -0.1) is 0 Å². The first-order valence-corrected chi connectivity index (χ1v) is 12.6. The Morgan fingerprint density at radius 1 is 1.32 bits per heavy atom. The molecule has 5 atom stereocenters. The molecule has 2 aliphatic rings. The minimum Gasteiger partial charge on any atom is -0.858 e. The summed E-state index contributed by atoms with van der Waals surface area (Å²) < 4.78 is 36.4. The Morgan fingerprint density at radius 3 is 2.68 bits per heavy atom. The smallest absolute Gasteiger partial charge is 0.858 e. The maximum absolute atomic E-state index is 12.8. The van der Waals surface area contributed by atoms with Crippen molar-refractivity contribution >= 4 is 7.82 Å². The van der Waals surface area contributed by atoms with E-state index in [1.165, 1.54) is 24.6 Å². The average molecular weight is 568 g/mol. The molecule has 4 N–H and O–H groups in total. The molecule has 0 spiro atoms. The molecule has 0 saturated carbocycles. The van der Waals surface area contributed by atoms with Crippen LogP contribution < -0.4 is 51.6 Å². The summed E-state index contributed by atoms with van der Waals surface area (Å²) in [5.74, 6) is -0.700. The molecular weight excluding hydrogens is 542 g/mol. The van der Waals surface area contributed by atoms with Gasteiger partial charge in [0.15, 0.2) is 0 Å². The number of aliphatic hydroxyl groups is 2. The zero-order chi connectivity index (χ0) is 27.1. The molecule has 204 valence electrons. The van der Waals surface area contributed by atoms with Gasteiger partial charge in [-0.25, -0.2) is 19.1 Å². The minimum atomic E-state index is -4.85. The van der Waals surface area contributed by atoms with Crippen LogP contribution in [-0.2, 0) is 36.2 Å². The van der Waals surface area contributed by atoms with Crippen molar-refractivity contribution in [2.45, 2.75) is 57.5 Å². The second-order valence-electron chi connectivity index (χ2n) is 8.90. The first-order valence-electron chi connectivity index (χ1n) is 11.1. The van der Waals surface area contributed by atoms with E-state index < -0.39 is 74.5 Å².